The number of alkyl halides is 3. The van der Waals surface area contributed by atoms with Crippen molar-refractivity contribution in [3.63, 3.8) is 0 Å². The van der Waals surface area contributed by atoms with Gasteiger partial charge in [-0.1, -0.05) is 23.7 Å². The van der Waals surface area contributed by atoms with Gasteiger partial charge in [0.2, 0.25) is 5.91 Å². The molecule has 10 nitrogen and oxygen atoms in total. The number of carboxylic acid groups (broad SMARTS) is 1. The van der Waals surface area contributed by atoms with Crippen molar-refractivity contribution in [1.29, 1.82) is 0 Å². The highest BCUT2D eigenvalue weighted by Crippen LogP contribution is 2.34. The van der Waals surface area contributed by atoms with Gasteiger partial charge in [-0.25, -0.2) is 4.79 Å². The molecule has 14 heteroatoms. The number of likely N-dealkylation sites (N-methyl/N-ethyl adjacent to an activating group) is 1. The second-order valence-corrected chi connectivity index (χ2v) is 8.72. The number of aryl methyl sites for hydroxylation is 1. The fraction of sp³-hybridized carbons (Fsp3) is 0.320. The molecule has 0 aliphatic carbocycles. The van der Waals surface area contributed by atoms with Crippen molar-refractivity contribution >= 4 is 29.2 Å². The Hall–Kier alpha value is -3.97. The van der Waals surface area contributed by atoms with Crippen LogP contribution in [-0.2, 0) is 9.59 Å². The number of aliphatic imine (C=N–C) groups is 1. The smallest absolute Gasteiger partial charge is 0.490 e. The molecule has 1 aliphatic heterocycles. The van der Waals surface area contributed by atoms with E-state index in [9.17, 15) is 18.0 Å². The van der Waals surface area contributed by atoms with Crippen LogP contribution in [0.2, 0.25) is 5.02 Å². The highest BCUT2D eigenvalue weighted by molar-refractivity contribution is 6.30. The molecule has 2 aromatic carbocycles. The molecule has 2 heterocycles. The van der Waals surface area contributed by atoms with Gasteiger partial charge in [0, 0.05) is 29.2 Å². The number of nitrogens with one attached hydrogen (secondary N) is 2. The Balaban J connectivity index is 0.000000532. The van der Waals surface area contributed by atoms with Gasteiger partial charge in [0.15, 0.2) is 5.82 Å². The van der Waals surface area contributed by atoms with Crippen LogP contribution in [0.3, 0.4) is 0 Å². The van der Waals surface area contributed by atoms with Gasteiger partial charge < -0.3 is 20.5 Å². The Kier molecular flexibility index (Phi) is 9.65. The van der Waals surface area contributed by atoms with Crippen LogP contribution in [0.25, 0.3) is 5.69 Å². The summed E-state index contributed by atoms with van der Waals surface area (Å²) in [6.07, 6.45) is -4.93. The average molecular weight is 567 g/mol. The van der Waals surface area contributed by atoms with Gasteiger partial charge in [0.1, 0.15) is 17.6 Å². The normalized spacial score (nSPS) is 14.1. The first kappa shape index (κ1) is 29.6. The third kappa shape index (κ3) is 7.33. The molecule has 0 fully saturated rings. The number of hydrogen-bond acceptors (Lipinski definition) is 7. The number of benzene rings is 2. The molecule has 0 bridgehead atoms. The largest absolute Gasteiger partial charge is 0.497 e. The predicted octanol–water partition coefficient (Wildman–Crippen LogP) is 3.49. The van der Waals surface area contributed by atoms with E-state index in [-0.39, 0.29) is 12.3 Å². The van der Waals surface area contributed by atoms with Crippen LogP contribution in [-0.4, -0.2) is 70.9 Å². The number of carboxylic acids is 1. The molecule has 39 heavy (non-hydrogen) atoms. The molecule has 0 radical (unpaired) electrons. The number of rotatable bonds is 7. The molecule has 3 N–H and O–H groups in total. The molecule has 1 atom stereocenters. The summed E-state index contributed by atoms with van der Waals surface area (Å²) in [4.78, 5) is 26.6. The van der Waals surface area contributed by atoms with Gasteiger partial charge >= 0.3 is 12.1 Å². The van der Waals surface area contributed by atoms with Gasteiger partial charge in [-0.3, -0.25) is 14.4 Å². The maximum absolute atomic E-state index is 12.7. The lowest BCUT2D eigenvalue weighted by Crippen LogP contribution is -2.31. The number of hydrogen-bond donors (Lipinski definition) is 3. The van der Waals surface area contributed by atoms with Gasteiger partial charge in [-0.2, -0.15) is 13.2 Å². The number of amides is 1. The number of carbonyl (C=O) groups excluding carboxylic acids is 1. The SMILES string of the molecule is CNCCNC(=O)C[C@@H]1N=C(c2ccc(Cl)cc2)c2cc(OC)ccc2-n2c(C)nnc21.O=C(O)C(F)(F)F. The number of nitrogens with zero attached hydrogens (tertiary/aromatic N) is 4. The van der Waals surface area contributed by atoms with Gasteiger partial charge in [-0.05, 0) is 44.3 Å². The lowest BCUT2D eigenvalue weighted by Gasteiger charge is -2.14. The molecule has 3 aromatic rings. The Bertz CT molecular complexity index is 1360. The van der Waals surface area contributed by atoms with E-state index in [0.717, 1.165) is 28.4 Å². The van der Waals surface area contributed by atoms with E-state index < -0.39 is 18.2 Å². The summed E-state index contributed by atoms with van der Waals surface area (Å²) in [5.41, 5.74) is 3.39. The summed E-state index contributed by atoms with van der Waals surface area (Å²) >= 11 is 6.12. The van der Waals surface area contributed by atoms with E-state index in [1.165, 1.54) is 0 Å². The van der Waals surface area contributed by atoms with Crippen LogP contribution in [0.1, 0.15) is 35.2 Å². The van der Waals surface area contributed by atoms with Gasteiger partial charge in [0.25, 0.3) is 0 Å². The monoisotopic (exact) mass is 566 g/mol. The zero-order valence-electron chi connectivity index (χ0n) is 21.2. The lowest BCUT2D eigenvalue weighted by molar-refractivity contribution is -0.192. The minimum absolute atomic E-state index is 0.0970. The zero-order valence-corrected chi connectivity index (χ0v) is 22.0. The van der Waals surface area contributed by atoms with Gasteiger partial charge in [-0.15, -0.1) is 10.2 Å². The molecule has 0 saturated heterocycles. The van der Waals surface area contributed by atoms with Crippen molar-refractivity contribution in [2.24, 2.45) is 4.99 Å². The van der Waals surface area contributed by atoms with E-state index in [1.807, 2.05) is 61.0 Å². The van der Waals surface area contributed by atoms with Crippen LogP contribution in [0.5, 0.6) is 5.75 Å². The summed E-state index contributed by atoms with van der Waals surface area (Å²) in [6.45, 7) is 3.12. The maximum atomic E-state index is 12.7. The van der Waals surface area contributed by atoms with Crippen molar-refractivity contribution in [2.45, 2.75) is 25.6 Å². The van der Waals surface area contributed by atoms with E-state index >= 15 is 0 Å². The minimum Gasteiger partial charge on any atom is -0.497 e. The molecule has 1 amide bonds. The lowest BCUT2D eigenvalue weighted by atomic mass is 10.00. The first-order valence-electron chi connectivity index (χ1n) is 11.6. The summed E-state index contributed by atoms with van der Waals surface area (Å²) in [5.74, 6) is -0.796. The second kappa shape index (κ2) is 12.7. The molecule has 0 unspecified atom stereocenters. The Labute approximate surface area is 226 Å². The van der Waals surface area contributed by atoms with Crippen molar-refractivity contribution in [1.82, 2.24) is 25.4 Å². The van der Waals surface area contributed by atoms with E-state index in [4.69, 9.17) is 31.2 Å². The quantitative estimate of drug-likeness (QED) is 0.373. The van der Waals surface area contributed by atoms with Crippen molar-refractivity contribution in [3.05, 3.63) is 70.3 Å². The number of fused-ring (bicyclic) bond motifs is 3. The number of halogens is 4. The zero-order chi connectivity index (χ0) is 28.7. The van der Waals surface area contributed by atoms with Crippen LogP contribution >= 0.6 is 11.6 Å². The summed E-state index contributed by atoms with van der Waals surface area (Å²) in [6, 6.07) is 12.8. The number of methoxy groups -OCH3 is 1. The fourth-order valence-electron chi connectivity index (χ4n) is 3.75. The standard InChI is InChI=1S/C23H25ClN6O2.C2HF3O2/c1-14-28-29-23-19(13-21(31)26-11-10-25-2)27-22(15-4-6-16(24)7-5-15)18-12-17(32-3)8-9-20(18)30(14)23;3-2(4,5)1(6)7/h4-9,12,19,25H,10-11,13H2,1-3H3,(H,26,31);(H,6,7)/t19-;/m0./s1. The molecular formula is C25H26ClF3N6O4. The molecule has 1 aliphatic rings. The molecule has 0 spiro atoms. The van der Waals surface area contributed by atoms with Crippen molar-refractivity contribution < 1.29 is 32.6 Å². The number of carbonyl (C=O) groups is 2. The van der Waals surface area contributed by atoms with Crippen LogP contribution in [0.4, 0.5) is 13.2 Å². The summed E-state index contributed by atoms with van der Waals surface area (Å²) < 4.78 is 39.2. The van der Waals surface area contributed by atoms with Crippen molar-refractivity contribution in [3.8, 4) is 11.4 Å². The van der Waals surface area contributed by atoms with Crippen LogP contribution < -0.4 is 15.4 Å². The number of aromatic nitrogens is 3. The highest BCUT2D eigenvalue weighted by atomic mass is 35.5. The topological polar surface area (TPSA) is 131 Å². The van der Waals surface area contributed by atoms with Gasteiger partial charge in [0.05, 0.1) is 24.9 Å². The average Bonchev–Trinajstić information content (AvgIpc) is 3.21. The van der Waals surface area contributed by atoms with E-state index in [2.05, 4.69) is 20.8 Å². The number of ether oxygens (including phenoxy) is 1. The first-order chi connectivity index (χ1) is 18.5. The van der Waals surface area contributed by atoms with E-state index in [0.29, 0.717) is 29.7 Å². The molecule has 4 rings (SSSR count). The second-order valence-electron chi connectivity index (χ2n) is 8.28. The molecule has 208 valence electrons. The molecular weight excluding hydrogens is 541 g/mol. The maximum Gasteiger partial charge on any atom is 0.490 e. The molecule has 1 aromatic heterocycles. The van der Waals surface area contributed by atoms with Crippen LogP contribution in [0, 0.1) is 6.92 Å². The third-order valence-corrected chi connectivity index (χ3v) is 5.82. The highest BCUT2D eigenvalue weighted by Gasteiger charge is 2.38. The van der Waals surface area contributed by atoms with Crippen molar-refractivity contribution in [2.75, 3.05) is 27.2 Å². The number of aliphatic carboxylic acids is 1. The first-order valence-corrected chi connectivity index (χ1v) is 12.0. The fourth-order valence-corrected chi connectivity index (χ4v) is 3.88. The Morgan fingerprint density at radius 1 is 1.13 bits per heavy atom. The Morgan fingerprint density at radius 2 is 1.79 bits per heavy atom. The van der Waals surface area contributed by atoms with E-state index in [1.54, 1.807) is 7.11 Å². The summed E-state index contributed by atoms with van der Waals surface area (Å²) in [5, 5.41) is 22.4. The third-order valence-electron chi connectivity index (χ3n) is 5.57. The Morgan fingerprint density at radius 3 is 2.38 bits per heavy atom. The molecule has 0 saturated carbocycles. The predicted molar refractivity (Wildman–Crippen MR) is 138 cm³/mol. The minimum atomic E-state index is -5.08. The van der Waals surface area contributed by atoms with Crippen LogP contribution in [0.15, 0.2) is 47.5 Å². The summed E-state index contributed by atoms with van der Waals surface area (Å²) in [7, 11) is 3.47.